The minimum Gasteiger partial charge on any atom is -0.348 e. The largest absolute Gasteiger partial charge is 0.348 e. The minimum absolute atomic E-state index is 0.936. The van der Waals surface area contributed by atoms with Gasteiger partial charge in [-0.15, -0.1) is 11.3 Å². The monoisotopic (exact) mass is 225 g/mol. The molecular formula is C11H19N3S. The molecule has 1 aliphatic rings. The second-order valence-electron chi connectivity index (χ2n) is 4.04. The first-order valence-corrected chi connectivity index (χ1v) is 6.56. The molecule has 1 aromatic heterocycles. The van der Waals surface area contributed by atoms with Gasteiger partial charge in [-0.2, -0.15) is 0 Å². The van der Waals surface area contributed by atoms with Crippen molar-refractivity contribution in [2.75, 3.05) is 25.0 Å². The molecule has 0 spiro atoms. The molecule has 0 unspecified atom stereocenters. The SMILES string of the molecule is CNCc1cnc(N2CCCCCC2)s1. The van der Waals surface area contributed by atoms with Gasteiger partial charge in [0.2, 0.25) is 0 Å². The third-order valence-corrected chi connectivity index (χ3v) is 3.83. The van der Waals surface area contributed by atoms with E-state index >= 15 is 0 Å². The van der Waals surface area contributed by atoms with Gasteiger partial charge in [-0.3, -0.25) is 0 Å². The fourth-order valence-electron chi connectivity index (χ4n) is 1.96. The summed E-state index contributed by atoms with van der Waals surface area (Å²) in [6.45, 7) is 3.31. The van der Waals surface area contributed by atoms with E-state index in [2.05, 4.69) is 15.2 Å². The van der Waals surface area contributed by atoms with E-state index < -0.39 is 0 Å². The first kappa shape index (κ1) is 10.9. The van der Waals surface area contributed by atoms with Crippen molar-refractivity contribution in [1.82, 2.24) is 10.3 Å². The Hall–Kier alpha value is -0.610. The molecule has 1 N–H and O–H groups in total. The highest BCUT2D eigenvalue weighted by atomic mass is 32.1. The predicted octanol–water partition coefficient (Wildman–Crippen LogP) is 2.24. The van der Waals surface area contributed by atoms with Crippen LogP contribution in [0.15, 0.2) is 6.20 Å². The van der Waals surface area contributed by atoms with E-state index in [9.17, 15) is 0 Å². The first-order valence-electron chi connectivity index (χ1n) is 5.74. The summed E-state index contributed by atoms with van der Waals surface area (Å²) in [5.74, 6) is 0. The smallest absolute Gasteiger partial charge is 0.185 e. The zero-order valence-electron chi connectivity index (χ0n) is 9.33. The molecule has 1 aromatic rings. The summed E-state index contributed by atoms with van der Waals surface area (Å²) < 4.78 is 0. The number of hydrogen-bond donors (Lipinski definition) is 1. The molecule has 0 saturated carbocycles. The van der Waals surface area contributed by atoms with Crippen molar-refractivity contribution in [3.05, 3.63) is 11.1 Å². The van der Waals surface area contributed by atoms with Crippen LogP contribution in [0.4, 0.5) is 5.13 Å². The summed E-state index contributed by atoms with van der Waals surface area (Å²) in [5, 5.41) is 4.37. The van der Waals surface area contributed by atoms with E-state index in [-0.39, 0.29) is 0 Å². The zero-order chi connectivity index (χ0) is 10.5. The number of anilines is 1. The van der Waals surface area contributed by atoms with Gasteiger partial charge in [-0.05, 0) is 19.9 Å². The molecule has 1 saturated heterocycles. The highest BCUT2D eigenvalue weighted by Crippen LogP contribution is 2.24. The quantitative estimate of drug-likeness (QED) is 0.855. The average molecular weight is 225 g/mol. The summed E-state index contributed by atoms with van der Waals surface area (Å²) in [5.41, 5.74) is 0. The van der Waals surface area contributed by atoms with Crippen LogP contribution in [-0.4, -0.2) is 25.1 Å². The number of nitrogens with zero attached hydrogens (tertiary/aromatic N) is 2. The summed E-state index contributed by atoms with van der Waals surface area (Å²) >= 11 is 1.83. The third kappa shape index (κ3) is 2.92. The fourth-order valence-corrected chi connectivity index (χ4v) is 2.93. The number of aromatic nitrogens is 1. The van der Waals surface area contributed by atoms with E-state index in [0.29, 0.717) is 0 Å². The molecule has 84 valence electrons. The van der Waals surface area contributed by atoms with Crippen molar-refractivity contribution in [1.29, 1.82) is 0 Å². The van der Waals surface area contributed by atoms with Gasteiger partial charge in [0, 0.05) is 30.7 Å². The van der Waals surface area contributed by atoms with Gasteiger partial charge in [0.1, 0.15) is 0 Å². The van der Waals surface area contributed by atoms with Crippen molar-refractivity contribution in [2.24, 2.45) is 0 Å². The molecule has 0 aromatic carbocycles. The lowest BCUT2D eigenvalue weighted by molar-refractivity contribution is 0.726. The molecule has 4 heteroatoms. The summed E-state index contributed by atoms with van der Waals surface area (Å²) in [4.78, 5) is 8.28. The van der Waals surface area contributed by atoms with Gasteiger partial charge in [-0.25, -0.2) is 4.98 Å². The van der Waals surface area contributed by atoms with Gasteiger partial charge in [0.15, 0.2) is 5.13 Å². The molecule has 3 nitrogen and oxygen atoms in total. The minimum atomic E-state index is 0.936. The first-order chi connectivity index (χ1) is 7.40. The maximum absolute atomic E-state index is 4.50. The summed E-state index contributed by atoms with van der Waals surface area (Å²) in [7, 11) is 1.98. The van der Waals surface area contributed by atoms with E-state index in [1.807, 2.05) is 24.6 Å². The number of nitrogens with one attached hydrogen (secondary N) is 1. The molecular weight excluding hydrogens is 206 g/mol. The molecule has 0 aliphatic carbocycles. The van der Waals surface area contributed by atoms with Crippen LogP contribution in [0.2, 0.25) is 0 Å². The normalized spacial score (nSPS) is 17.8. The molecule has 2 rings (SSSR count). The lowest BCUT2D eigenvalue weighted by Gasteiger charge is -2.18. The molecule has 0 atom stereocenters. The van der Waals surface area contributed by atoms with Crippen LogP contribution in [0.25, 0.3) is 0 Å². The van der Waals surface area contributed by atoms with Crippen molar-refractivity contribution >= 4 is 16.5 Å². The van der Waals surface area contributed by atoms with Gasteiger partial charge < -0.3 is 10.2 Å². The van der Waals surface area contributed by atoms with Gasteiger partial charge in [0.25, 0.3) is 0 Å². The Morgan fingerprint density at radius 2 is 2.07 bits per heavy atom. The van der Waals surface area contributed by atoms with Crippen LogP contribution in [0.5, 0.6) is 0 Å². The van der Waals surface area contributed by atoms with Gasteiger partial charge in [-0.1, -0.05) is 12.8 Å². The third-order valence-electron chi connectivity index (χ3n) is 2.77. The molecule has 0 amide bonds. The molecule has 15 heavy (non-hydrogen) atoms. The lowest BCUT2D eigenvalue weighted by atomic mass is 10.2. The van der Waals surface area contributed by atoms with Crippen LogP contribution in [0, 0.1) is 0 Å². The molecule has 0 radical (unpaired) electrons. The Labute approximate surface area is 95.5 Å². The zero-order valence-corrected chi connectivity index (χ0v) is 10.1. The number of thiazole rings is 1. The maximum atomic E-state index is 4.50. The van der Waals surface area contributed by atoms with E-state index in [4.69, 9.17) is 0 Å². The van der Waals surface area contributed by atoms with Crippen LogP contribution >= 0.6 is 11.3 Å². The Morgan fingerprint density at radius 3 is 2.73 bits per heavy atom. The fraction of sp³-hybridized carbons (Fsp3) is 0.727. The van der Waals surface area contributed by atoms with Gasteiger partial charge >= 0.3 is 0 Å². The second kappa shape index (κ2) is 5.47. The van der Waals surface area contributed by atoms with E-state index in [0.717, 1.165) is 6.54 Å². The van der Waals surface area contributed by atoms with Crippen molar-refractivity contribution in [3.63, 3.8) is 0 Å². The van der Waals surface area contributed by atoms with Crippen LogP contribution in [-0.2, 0) is 6.54 Å². The number of rotatable bonds is 3. The topological polar surface area (TPSA) is 28.2 Å². The molecule has 1 fully saturated rings. The van der Waals surface area contributed by atoms with Crippen LogP contribution in [0.1, 0.15) is 30.6 Å². The van der Waals surface area contributed by atoms with Crippen molar-refractivity contribution in [2.45, 2.75) is 32.2 Å². The Balaban J connectivity index is 2.00. The molecule has 0 bridgehead atoms. The Morgan fingerprint density at radius 1 is 1.33 bits per heavy atom. The Kier molecular flexibility index (Phi) is 3.97. The van der Waals surface area contributed by atoms with Crippen LogP contribution in [0.3, 0.4) is 0 Å². The van der Waals surface area contributed by atoms with Crippen molar-refractivity contribution in [3.8, 4) is 0 Å². The lowest BCUT2D eigenvalue weighted by Crippen LogP contribution is -2.23. The standard InChI is InChI=1S/C11H19N3S/c1-12-8-10-9-13-11(15-10)14-6-4-2-3-5-7-14/h9,12H,2-8H2,1H3. The maximum Gasteiger partial charge on any atom is 0.185 e. The number of hydrogen-bond acceptors (Lipinski definition) is 4. The second-order valence-corrected chi connectivity index (χ2v) is 5.13. The predicted molar refractivity (Wildman–Crippen MR) is 65.6 cm³/mol. The highest BCUT2D eigenvalue weighted by Gasteiger charge is 2.12. The van der Waals surface area contributed by atoms with E-state index in [1.165, 1.54) is 48.8 Å². The summed E-state index contributed by atoms with van der Waals surface area (Å²) in [6, 6.07) is 0. The van der Waals surface area contributed by atoms with E-state index in [1.54, 1.807) is 0 Å². The van der Waals surface area contributed by atoms with Gasteiger partial charge in [0.05, 0.1) is 0 Å². The highest BCUT2D eigenvalue weighted by molar-refractivity contribution is 7.15. The van der Waals surface area contributed by atoms with Crippen LogP contribution < -0.4 is 10.2 Å². The summed E-state index contributed by atoms with van der Waals surface area (Å²) in [6.07, 6.45) is 7.40. The average Bonchev–Trinajstić information content (AvgIpc) is 2.53. The molecule has 1 aliphatic heterocycles. The Bertz CT molecular complexity index is 290. The van der Waals surface area contributed by atoms with Crippen molar-refractivity contribution < 1.29 is 0 Å². The molecule has 2 heterocycles.